The second-order valence-electron chi connectivity index (χ2n) is 6.24. The van der Waals surface area contributed by atoms with Crippen molar-refractivity contribution in [1.82, 2.24) is 0 Å². The molecule has 0 atom stereocenters. The zero-order chi connectivity index (χ0) is 14.7. The summed E-state index contributed by atoms with van der Waals surface area (Å²) in [5.74, 6) is 0. The third-order valence-electron chi connectivity index (χ3n) is 5.01. The van der Waals surface area contributed by atoms with Gasteiger partial charge in [-0.2, -0.15) is 0 Å². The fraction of sp³-hybridized carbons (Fsp3) is 0.0909. The minimum absolute atomic E-state index is 1.07. The first-order valence-electron chi connectivity index (χ1n) is 7.86. The summed E-state index contributed by atoms with van der Waals surface area (Å²) in [5.41, 5.74) is 4.33. The smallest absolute Gasteiger partial charge is 0.00266 e. The van der Waals surface area contributed by atoms with Crippen LogP contribution in [-0.4, -0.2) is 0 Å². The van der Waals surface area contributed by atoms with E-state index in [1.807, 2.05) is 0 Å². The molecule has 0 saturated heterocycles. The summed E-state index contributed by atoms with van der Waals surface area (Å²) in [7, 11) is 0. The molecule has 4 aromatic rings. The van der Waals surface area contributed by atoms with Gasteiger partial charge in [-0.3, -0.25) is 0 Å². The van der Waals surface area contributed by atoms with Crippen molar-refractivity contribution in [2.24, 2.45) is 0 Å². The zero-order valence-electron chi connectivity index (χ0n) is 12.6. The van der Waals surface area contributed by atoms with Crippen LogP contribution in [0, 0.1) is 0 Å². The van der Waals surface area contributed by atoms with Gasteiger partial charge in [0.25, 0.3) is 0 Å². The predicted octanol–water partition coefficient (Wildman–Crippen LogP) is 6.11. The highest BCUT2D eigenvalue weighted by molar-refractivity contribution is 6.21. The van der Waals surface area contributed by atoms with E-state index in [1.165, 1.54) is 49.0 Å². The van der Waals surface area contributed by atoms with Crippen molar-refractivity contribution >= 4 is 37.9 Å². The molecule has 0 aliphatic heterocycles. The molecule has 104 valence electrons. The molecule has 4 aromatic carbocycles. The van der Waals surface area contributed by atoms with Crippen molar-refractivity contribution in [2.75, 3.05) is 0 Å². The summed E-state index contributed by atoms with van der Waals surface area (Å²) in [6.07, 6.45) is 3.42. The Morgan fingerprint density at radius 1 is 0.682 bits per heavy atom. The van der Waals surface area contributed by atoms with Crippen LogP contribution >= 0.6 is 0 Å². The van der Waals surface area contributed by atoms with Gasteiger partial charge in [-0.05, 0) is 62.4 Å². The number of fused-ring (bicyclic) bond motifs is 7. The average molecular weight is 280 g/mol. The first kappa shape index (κ1) is 12.0. The standard InChI is InChI=1S/C22H16/c1-14-6-7-16-10-13-20-19(21(14)16)12-11-17-9-8-15-4-2-3-5-18(15)22(17)20/h2-6,8-13H,7H2,1H3. The van der Waals surface area contributed by atoms with Crippen LogP contribution in [-0.2, 0) is 6.42 Å². The van der Waals surface area contributed by atoms with Gasteiger partial charge in [0, 0.05) is 0 Å². The number of rotatable bonds is 0. The third-order valence-corrected chi connectivity index (χ3v) is 5.01. The van der Waals surface area contributed by atoms with Gasteiger partial charge < -0.3 is 0 Å². The molecule has 0 N–H and O–H groups in total. The lowest BCUT2D eigenvalue weighted by Gasteiger charge is -2.12. The minimum Gasteiger partial charge on any atom is -0.0765 e. The molecular weight excluding hydrogens is 264 g/mol. The number of benzene rings is 4. The molecule has 0 fully saturated rings. The van der Waals surface area contributed by atoms with Crippen molar-refractivity contribution in [1.29, 1.82) is 0 Å². The van der Waals surface area contributed by atoms with Crippen molar-refractivity contribution in [3.05, 3.63) is 77.9 Å². The lowest BCUT2D eigenvalue weighted by molar-refractivity contribution is 1.32. The molecule has 0 spiro atoms. The second-order valence-corrected chi connectivity index (χ2v) is 6.24. The largest absolute Gasteiger partial charge is 0.0765 e. The molecule has 0 heteroatoms. The lowest BCUT2D eigenvalue weighted by atomic mass is 9.92. The highest BCUT2D eigenvalue weighted by Crippen LogP contribution is 2.38. The first-order chi connectivity index (χ1) is 10.8. The Bertz CT molecular complexity index is 1100. The Balaban J connectivity index is 2.07. The maximum Gasteiger partial charge on any atom is -0.00266 e. The van der Waals surface area contributed by atoms with E-state index in [-0.39, 0.29) is 0 Å². The molecule has 0 unspecified atom stereocenters. The molecule has 5 rings (SSSR count). The van der Waals surface area contributed by atoms with Gasteiger partial charge in [0.2, 0.25) is 0 Å². The highest BCUT2D eigenvalue weighted by atomic mass is 14.2. The maximum absolute atomic E-state index is 2.34. The van der Waals surface area contributed by atoms with E-state index in [0.717, 1.165) is 6.42 Å². The van der Waals surface area contributed by atoms with Gasteiger partial charge in [0.15, 0.2) is 0 Å². The molecule has 0 radical (unpaired) electrons. The van der Waals surface area contributed by atoms with Crippen LogP contribution in [0.3, 0.4) is 0 Å². The van der Waals surface area contributed by atoms with E-state index in [2.05, 4.69) is 73.7 Å². The molecule has 0 amide bonds. The van der Waals surface area contributed by atoms with E-state index >= 15 is 0 Å². The Morgan fingerprint density at radius 2 is 1.45 bits per heavy atom. The number of hydrogen-bond acceptors (Lipinski definition) is 0. The molecule has 22 heavy (non-hydrogen) atoms. The van der Waals surface area contributed by atoms with Gasteiger partial charge in [-0.15, -0.1) is 0 Å². The van der Waals surface area contributed by atoms with Crippen LogP contribution in [0.5, 0.6) is 0 Å². The molecular formula is C22H16. The zero-order valence-corrected chi connectivity index (χ0v) is 12.6. The maximum atomic E-state index is 2.34. The van der Waals surface area contributed by atoms with Crippen molar-refractivity contribution in [2.45, 2.75) is 13.3 Å². The molecule has 1 aliphatic rings. The van der Waals surface area contributed by atoms with E-state index in [1.54, 1.807) is 0 Å². The lowest BCUT2D eigenvalue weighted by Crippen LogP contribution is -1.88. The predicted molar refractivity (Wildman–Crippen MR) is 96.3 cm³/mol. The molecule has 0 saturated carbocycles. The highest BCUT2D eigenvalue weighted by Gasteiger charge is 2.15. The van der Waals surface area contributed by atoms with E-state index in [9.17, 15) is 0 Å². The van der Waals surface area contributed by atoms with E-state index in [0.29, 0.717) is 0 Å². The Hall–Kier alpha value is -2.60. The van der Waals surface area contributed by atoms with Crippen LogP contribution in [0.1, 0.15) is 18.1 Å². The summed E-state index contributed by atoms with van der Waals surface area (Å²) in [4.78, 5) is 0. The average Bonchev–Trinajstić information content (AvgIpc) is 2.95. The Morgan fingerprint density at radius 3 is 2.41 bits per heavy atom. The molecule has 0 nitrogen and oxygen atoms in total. The number of hydrogen-bond donors (Lipinski definition) is 0. The van der Waals surface area contributed by atoms with E-state index in [4.69, 9.17) is 0 Å². The third kappa shape index (κ3) is 1.47. The van der Waals surface area contributed by atoms with Gasteiger partial charge in [0.05, 0.1) is 0 Å². The van der Waals surface area contributed by atoms with Crippen molar-refractivity contribution in [3.8, 4) is 0 Å². The number of allylic oxidation sites excluding steroid dienone is 2. The van der Waals surface area contributed by atoms with Crippen LogP contribution < -0.4 is 0 Å². The Labute approximate surface area is 129 Å². The fourth-order valence-corrected chi connectivity index (χ4v) is 3.96. The van der Waals surface area contributed by atoms with Crippen LogP contribution in [0.4, 0.5) is 0 Å². The quantitative estimate of drug-likeness (QED) is 0.341. The topological polar surface area (TPSA) is 0 Å². The van der Waals surface area contributed by atoms with Crippen LogP contribution in [0.2, 0.25) is 0 Å². The van der Waals surface area contributed by atoms with Crippen LogP contribution in [0.15, 0.2) is 66.7 Å². The summed E-state index contributed by atoms with van der Waals surface area (Å²) >= 11 is 0. The van der Waals surface area contributed by atoms with Gasteiger partial charge in [-0.25, -0.2) is 0 Å². The molecule has 0 aromatic heterocycles. The molecule has 0 heterocycles. The second kappa shape index (κ2) is 4.20. The van der Waals surface area contributed by atoms with E-state index < -0.39 is 0 Å². The SMILES string of the molecule is CC1=CCc2ccc3c(ccc4ccc5ccccc5c43)c21. The van der Waals surface area contributed by atoms with Gasteiger partial charge in [-0.1, -0.05) is 66.7 Å². The van der Waals surface area contributed by atoms with Crippen molar-refractivity contribution in [3.63, 3.8) is 0 Å². The van der Waals surface area contributed by atoms with Gasteiger partial charge >= 0.3 is 0 Å². The minimum atomic E-state index is 1.07. The molecule has 0 bridgehead atoms. The normalized spacial score (nSPS) is 13.8. The summed E-state index contributed by atoms with van der Waals surface area (Å²) in [5, 5.41) is 8.15. The van der Waals surface area contributed by atoms with Crippen molar-refractivity contribution < 1.29 is 0 Å². The summed E-state index contributed by atoms with van der Waals surface area (Å²) in [6, 6.07) is 22.4. The van der Waals surface area contributed by atoms with Gasteiger partial charge in [0.1, 0.15) is 0 Å². The van der Waals surface area contributed by atoms with Crippen LogP contribution in [0.25, 0.3) is 37.9 Å². The summed E-state index contributed by atoms with van der Waals surface area (Å²) < 4.78 is 0. The Kier molecular flexibility index (Phi) is 2.29. The molecule has 1 aliphatic carbocycles. The first-order valence-corrected chi connectivity index (χ1v) is 7.86. The monoisotopic (exact) mass is 280 g/mol. The summed E-state index contributed by atoms with van der Waals surface area (Å²) in [6.45, 7) is 2.23. The fourth-order valence-electron chi connectivity index (χ4n) is 3.96.